The van der Waals surface area contributed by atoms with Crippen LogP contribution in [0.4, 0.5) is 0 Å². The third kappa shape index (κ3) is 6.38. The fourth-order valence-electron chi connectivity index (χ4n) is 1.02. The second kappa shape index (κ2) is 6.33. The van der Waals surface area contributed by atoms with Gasteiger partial charge in [0.15, 0.2) is 0 Å². The highest BCUT2D eigenvalue weighted by molar-refractivity contribution is 5.77. The van der Waals surface area contributed by atoms with Crippen molar-refractivity contribution in [3.8, 4) is 0 Å². The number of carboxylic acids is 1. The number of nitrogens with two attached hydrogens (primary N) is 1. The molecule has 4 N–H and O–H groups in total. The van der Waals surface area contributed by atoms with E-state index in [1.807, 2.05) is 0 Å². The molecule has 0 aromatic rings. The molecule has 0 saturated carbocycles. The number of aliphatic hydroxyl groups excluding tert-OH is 1. The maximum Gasteiger partial charge on any atom is 0.317 e. The van der Waals surface area contributed by atoms with Crippen molar-refractivity contribution in [2.75, 3.05) is 19.6 Å². The summed E-state index contributed by atoms with van der Waals surface area (Å²) in [6, 6.07) is 0. The van der Waals surface area contributed by atoms with Gasteiger partial charge in [-0.15, -0.1) is 0 Å². The third-order valence-electron chi connectivity index (χ3n) is 1.68. The molecule has 0 rings (SSSR count). The van der Waals surface area contributed by atoms with E-state index in [4.69, 9.17) is 10.8 Å². The number of hydrogen-bond acceptors (Lipinski definition) is 4. The highest BCUT2D eigenvalue weighted by atomic mass is 16.4. The number of hydrogen-bond donors (Lipinski definition) is 3. The van der Waals surface area contributed by atoms with Crippen molar-refractivity contribution in [3.05, 3.63) is 0 Å². The average molecular weight is 204 g/mol. The molecule has 0 aromatic carbocycles. The highest BCUT2D eigenvalue weighted by Gasteiger charge is 2.15. The molecule has 1 amide bonds. The number of carbonyl (C=O) groups excluding carboxylic acids is 1. The molecule has 0 saturated heterocycles. The fourth-order valence-corrected chi connectivity index (χ4v) is 1.02. The predicted molar refractivity (Wildman–Crippen MR) is 49.6 cm³/mol. The fraction of sp³-hybridized carbons (Fsp3) is 0.750. The number of nitrogens with zero attached hydrogens (tertiary/aromatic N) is 1. The molecule has 0 bridgehead atoms. The van der Waals surface area contributed by atoms with Crippen LogP contribution in [0.1, 0.15) is 13.3 Å². The first kappa shape index (κ1) is 12.9. The van der Waals surface area contributed by atoms with E-state index in [9.17, 15) is 14.7 Å². The van der Waals surface area contributed by atoms with E-state index in [-0.39, 0.29) is 19.6 Å². The average Bonchev–Trinajstić information content (AvgIpc) is 2.01. The van der Waals surface area contributed by atoms with E-state index in [2.05, 4.69) is 0 Å². The highest BCUT2D eigenvalue weighted by Crippen LogP contribution is 1.96. The van der Waals surface area contributed by atoms with Crippen molar-refractivity contribution in [2.45, 2.75) is 19.4 Å². The molecule has 0 aliphatic carbocycles. The van der Waals surface area contributed by atoms with Gasteiger partial charge in [-0.1, -0.05) is 6.92 Å². The van der Waals surface area contributed by atoms with E-state index >= 15 is 0 Å². The standard InChI is InChI=1S/C8H16N2O4/c1-2-6(11)3-10(4-7(9)12)5-8(13)14/h6,11H,2-5H2,1H3,(H2,9,12)(H,13,14). The van der Waals surface area contributed by atoms with E-state index < -0.39 is 18.0 Å². The molecular formula is C8H16N2O4. The molecule has 6 nitrogen and oxygen atoms in total. The van der Waals surface area contributed by atoms with Gasteiger partial charge in [-0.25, -0.2) is 0 Å². The Morgan fingerprint density at radius 2 is 2.00 bits per heavy atom. The van der Waals surface area contributed by atoms with Gasteiger partial charge < -0.3 is 15.9 Å². The van der Waals surface area contributed by atoms with Crippen LogP contribution in [0.15, 0.2) is 0 Å². The van der Waals surface area contributed by atoms with Gasteiger partial charge in [0.2, 0.25) is 5.91 Å². The van der Waals surface area contributed by atoms with Gasteiger partial charge in [0.1, 0.15) is 0 Å². The second-order valence-electron chi connectivity index (χ2n) is 3.09. The van der Waals surface area contributed by atoms with Crippen molar-refractivity contribution >= 4 is 11.9 Å². The largest absolute Gasteiger partial charge is 0.480 e. The Morgan fingerprint density at radius 3 is 2.36 bits per heavy atom. The Hall–Kier alpha value is -1.14. The van der Waals surface area contributed by atoms with Gasteiger partial charge in [-0.05, 0) is 6.42 Å². The minimum atomic E-state index is -1.05. The monoisotopic (exact) mass is 204 g/mol. The van der Waals surface area contributed by atoms with Crippen molar-refractivity contribution < 1.29 is 19.8 Å². The zero-order valence-corrected chi connectivity index (χ0v) is 8.14. The van der Waals surface area contributed by atoms with Crippen LogP contribution in [0, 0.1) is 0 Å². The predicted octanol–water partition coefficient (Wildman–Crippen LogP) is -1.37. The first-order chi connectivity index (χ1) is 6.45. The summed E-state index contributed by atoms with van der Waals surface area (Å²) in [4.78, 5) is 22.3. The Bertz CT molecular complexity index is 192. The van der Waals surface area contributed by atoms with E-state index in [1.54, 1.807) is 6.92 Å². The third-order valence-corrected chi connectivity index (χ3v) is 1.68. The summed E-state index contributed by atoms with van der Waals surface area (Å²) in [5.74, 6) is -1.65. The number of amides is 1. The number of carboxylic acid groups (broad SMARTS) is 1. The van der Waals surface area contributed by atoms with Crippen LogP contribution in [0.3, 0.4) is 0 Å². The maximum absolute atomic E-state index is 10.6. The molecule has 0 fully saturated rings. The molecule has 14 heavy (non-hydrogen) atoms. The Kier molecular flexibility index (Phi) is 5.82. The van der Waals surface area contributed by atoms with Gasteiger partial charge in [0.25, 0.3) is 0 Å². The van der Waals surface area contributed by atoms with Crippen molar-refractivity contribution in [1.29, 1.82) is 0 Å². The Morgan fingerprint density at radius 1 is 1.43 bits per heavy atom. The van der Waals surface area contributed by atoms with Gasteiger partial charge in [0.05, 0.1) is 19.2 Å². The SMILES string of the molecule is CCC(O)CN(CC(N)=O)CC(=O)O. The van der Waals surface area contributed by atoms with Crippen molar-refractivity contribution in [1.82, 2.24) is 4.90 Å². The first-order valence-corrected chi connectivity index (χ1v) is 4.36. The van der Waals surface area contributed by atoms with Crippen LogP contribution in [0.5, 0.6) is 0 Å². The van der Waals surface area contributed by atoms with Crippen molar-refractivity contribution in [2.24, 2.45) is 5.73 Å². The summed E-state index contributed by atoms with van der Waals surface area (Å²) in [5, 5.41) is 17.8. The van der Waals surface area contributed by atoms with E-state index in [1.165, 1.54) is 4.90 Å². The van der Waals surface area contributed by atoms with Crippen LogP contribution < -0.4 is 5.73 Å². The Labute approximate surface area is 82.3 Å². The van der Waals surface area contributed by atoms with Gasteiger partial charge in [-0.3, -0.25) is 14.5 Å². The first-order valence-electron chi connectivity index (χ1n) is 4.36. The molecular weight excluding hydrogens is 188 g/mol. The lowest BCUT2D eigenvalue weighted by molar-refractivity contribution is -0.138. The smallest absolute Gasteiger partial charge is 0.317 e. The molecule has 0 aliphatic rings. The number of carbonyl (C=O) groups is 2. The van der Waals surface area contributed by atoms with Crippen LogP contribution in [-0.4, -0.2) is 52.7 Å². The van der Waals surface area contributed by atoms with Crippen LogP contribution in [0.25, 0.3) is 0 Å². The number of rotatable bonds is 7. The normalized spacial score (nSPS) is 12.8. The van der Waals surface area contributed by atoms with E-state index in [0.717, 1.165) is 0 Å². The molecule has 0 radical (unpaired) electrons. The van der Waals surface area contributed by atoms with E-state index in [0.29, 0.717) is 6.42 Å². The summed E-state index contributed by atoms with van der Waals surface area (Å²) in [6.45, 7) is 1.48. The molecule has 6 heteroatoms. The van der Waals surface area contributed by atoms with Crippen LogP contribution in [0.2, 0.25) is 0 Å². The molecule has 1 unspecified atom stereocenters. The molecule has 0 aliphatic heterocycles. The number of aliphatic carboxylic acids is 1. The van der Waals surface area contributed by atoms with Crippen molar-refractivity contribution in [3.63, 3.8) is 0 Å². The second-order valence-corrected chi connectivity index (χ2v) is 3.09. The topological polar surface area (TPSA) is 104 Å². The summed E-state index contributed by atoms with van der Waals surface area (Å²) in [6.07, 6.45) is -0.122. The molecule has 1 atom stereocenters. The summed E-state index contributed by atoms with van der Waals surface area (Å²) in [5.41, 5.74) is 4.93. The Balaban J connectivity index is 4.09. The molecule has 0 spiro atoms. The molecule has 82 valence electrons. The quantitative estimate of drug-likeness (QED) is 0.474. The summed E-state index contributed by atoms with van der Waals surface area (Å²) in [7, 11) is 0. The lowest BCUT2D eigenvalue weighted by Gasteiger charge is -2.20. The molecule has 0 heterocycles. The lowest BCUT2D eigenvalue weighted by atomic mass is 10.2. The zero-order valence-electron chi connectivity index (χ0n) is 8.14. The minimum absolute atomic E-state index is 0.145. The zero-order chi connectivity index (χ0) is 11.1. The van der Waals surface area contributed by atoms with Gasteiger partial charge in [0, 0.05) is 6.54 Å². The lowest BCUT2D eigenvalue weighted by Crippen LogP contribution is -2.41. The summed E-state index contributed by atoms with van der Waals surface area (Å²) >= 11 is 0. The molecule has 0 aromatic heterocycles. The number of primary amides is 1. The minimum Gasteiger partial charge on any atom is -0.480 e. The summed E-state index contributed by atoms with van der Waals surface area (Å²) < 4.78 is 0. The van der Waals surface area contributed by atoms with Gasteiger partial charge >= 0.3 is 5.97 Å². The van der Waals surface area contributed by atoms with Gasteiger partial charge in [-0.2, -0.15) is 0 Å². The number of aliphatic hydroxyl groups is 1. The van der Waals surface area contributed by atoms with Crippen LogP contribution in [-0.2, 0) is 9.59 Å². The maximum atomic E-state index is 10.6. The van der Waals surface area contributed by atoms with Crippen LogP contribution >= 0.6 is 0 Å².